The minimum Gasteiger partial charge on any atom is -0.391 e. The van der Waals surface area contributed by atoms with Crippen LogP contribution in [0.15, 0.2) is 0 Å². The summed E-state index contributed by atoms with van der Waals surface area (Å²) in [5.41, 5.74) is 0.0833. The molecule has 2 aliphatic heterocycles. The molecule has 3 atom stereocenters. The lowest BCUT2D eigenvalue weighted by Crippen LogP contribution is -2.53. The van der Waals surface area contributed by atoms with Crippen LogP contribution in [0.2, 0.25) is 0 Å². The summed E-state index contributed by atoms with van der Waals surface area (Å²) in [5.74, 6) is 0. The summed E-state index contributed by atoms with van der Waals surface area (Å²) in [4.78, 5) is 5.15. The average molecular weight is 282 g/mol. The van der Waals surface area contributed by atoms with Crippen molar-refractivity contribution in [2.45, 2.75) is 57.7 Å². The van der Waals surface area contributed by atoms with Gasteiger partial charge >= 0.3 is 0 Å². The second kappa shape index (κ2) is 5.91. The third kappa shape index (κ3) is 2.89. The first kappa shape index (κ1) is 14.8. The minimum absolute atomic E-state index is 0.0833. The van der Waals surface area contributed by atoms with Gasteiger partial charge in [0, 0.05) is 38.3 Å². The smallest absolute Gasteiger partial charge is 0.0746 e. The molecule has 4 nitrogen and oxygen atoms in total. The average Bonchev–Trinajstić information content (AvgIpc) is 2.92. The summed E-state index contributed by atoms with van der Waals surface area (Å²) in [7, 11) is 0. The van der Waals surface area contributed by atoms with Crippen LogP contribution in [-0.2, 0) is 4.74 Å². The van der Waals surface area contributed by atoms with Gasteiger partial charge in [0.1, 0.15) is 0 Å². The Balaban J connectivity index is 1.59. The van der Waals surface area contributed by atoms with Crippen LogP contribution in [0.25, 0.3) is 0 Å². The third-order valence-corrected chi connectivity index (χ3v) is 5.71. The zero-order chi connectivity index (χ0) is 14.2. The summed E-state index contributed by atoms with van der Waals surface area (Å²) in [5, 5.41) is 10.7. The van der Waals surface area contributed by atoms with Crippen molar-refractivity contribution < 1.29 is 9.84 Å². The molecule has 0 aromatic carbocycles. The molecule has 0 bridgehead atoms. The van der Waals surface area contributed by atoms with E-state index in [1.54, 1.807) is 0 Å². The lowest BCUT2D eigenvalue weighted by molar-refractivity contribution is -0.0539. The van der Waals surface area contributed by atoms with E-state index in [2.05, 4.69) is 23.6 Å². The van der Waals surface area contributed by atoms with E-state index in [0.29, 0.717) is 12.1 Å². The number of nitrogens with zero attached hydrogens (tertiary/aromatic N) is 2. The van der Waals surface area contributed by atoms with Gasteiger partial charge in [-0.15, -0.1) is 0 Å². The Morgan fingerprint density at radius 2 is 1.80 bits per heavy atom. The highest BCUT2D eigenvalue weighted by atomic mass is 16.5. The first-order valence-corrected chi connectivity index (χ1v) is 8.32. The Bertz CT molecular complexity index is 328. The zero-order valence-corrected chi connectivity index (χ0v) is 13.1. The van der Waals surface area contributed by atoms with Gasteiger partial charge < -0.3 is 9.84 Å². The fourth-order valence-electron chi connectivity index (χ4n) is 4.29. The van der Waals surface area contributed by atoms with Crippen LogP contribution in [0.1, 0.15) is 39.5 Å². The van der Waals surface area contributed by atoms with Crippen molar-refractivity contribution in [1.29, 1.82) is 0 Å². The van der Waals surface area contributed by atoms with Crippen LogP contribution in [0.4, 0.5) is 0 Å². The highest BCUT2D eigenvalue weighted by molar-refractivity contribution is 4.97. The van der Waals surface area contributed by atoms with E-state index < -0.39 is 0 Å². The maximum Gasteiger partial charge on any atom is 0.0746 e. The number of aliphatic hydroxyl groups is 1. The van der Waals surface area contributed by atoms with Gasteiger partial charge in [-0.1, -0.05) is 20.3 Å². The summed E-state index contributed by atoms with van der Waals surface area (Å²) in [6.07, 6.45) is 4.67. The van der Waals surface area contributed by atoms with Crippen LogP contribution in [0.3, 0.4) is 0 Å². The van der Waals surface area contributed by atoms with Gasteiger partial charge in [0.25, 0.3) is 0 Å². The van der Waals surface area contributed by atoms with E-state index in [1.165, 1.54) is 19.3 Å². The van der Waals surface area contributed by atoms with Crippen LogP contribution in [-0.4, -0.2) is 72.5 Å². The van der Waals surface area contributed by atoms with Gasteiger partial charge in [-0.05, 0) is 24.7 Å². The largest absolute Gasteiger partial charge is 0.391 e. The van der Waals surface area contributed by atoms with E-state index in [4.69, 9.17) is 4.74 Å². The van der Waals surface area contributed by atoms with E-state index in [9.17, 15) is 5.11 Å². The summed E-state index contributed by atoms with van der Waals surface area (Å²) in [6, 6.07) is 1.06. The third-order valence-electron chi connectivity index (χ3n) is 5.71. The van der Waals surface area contributed by atoms with E-state index in [1.807, 2.05) is 0 Å². The molecular formula is C16H30N2O2. The van der Waals surface area contributed by atoms with Crippen molar-refractivity contribution in [3.8, 4) is 0 Å². The second-order valence-corrected chi connectivity index (χ2v) is 7.48. The molecule has 3 unspecified atom stereocenters. The fourth-order valence-corrected chi connectivity index (χ4v) is 4.29. The molecule has 0 aromatic rings. The standard InChI is InChI=1S/C16H30N2O2/c1-16(2)6-3-4-14(15(16)19)18-7-5-13(12-18)17-8-10-20-11-9-17/h13-15,19H,3-12H2,1-2H3. The first-order chi connectivity index (χ1) is 9.58. The van der Waals surface area contributed by atoms with Crippen molar-refractivity contribution >= 4 is 0 Å². The van der Waals surface area contributed by atoms with Crippen molar-refractivity contribution in [1.82, 2.24) is 9.80 Å². The van der Waals surface area contributed by atoms with Crippen molar-refractivity contribution in [2.75, 3.05) is 39.4 Å². The van der Waals surface area contributed by atoms with Gasteiger partial charge in [-0.2, -0.15) is 0 Å². The first-order valence-electron chi connectivity index (χ1n) is 8.32. The fraction of sp³-hybridized carbons (Fsp3) is 1.00. The second-order valence-electron chi connectivity index (χ2n) is 7.48. The number of hydrogen-bond acceptors (Lipinski definition) is 4. The summed E-state index contributed by atoms with van der Waals surface area (Å²) < 4.78 is 5.45. The molecule has 1 aliphatic carbocycles. The molecule has 3 rings (SSSR count). The summed E-state index contributed by atoms with van der Waals surface area (Å²) >= 11 is 0. The van der Waals surface area contributed by atoms with Crippen LogP contribution < -0.4 is 0 Å². The molecule has 116 valence electrons. The Morgan fingerprint density at radius 3 is 2.55 bits per heavy atom. The summed E-state index contributed by atoms with van der Waals surface area (Å²) in [6.45, 7) is 10.7. The maximum absolute atomic E-state index is 10.7. The molecule has 2 saturated heterocycles. The van der Waals surface area contributed by atoms with Gasteiger partial charge in [0.15, 0.2) is 0 Å². The maximum atomic E-state index is 10.7. The molecule has 1 N–H and O–H groups in total. The molecule has 3 fully saturated rings. The number of likely N-dealkylation sites (tertiary alicyclic amines) is 1. The van der Waals surface area contributed by atoms with Gasteiger partial charge in [-0.25, -0.2) is 0 Å². The van der Waals surface area contributed by atoms with Crippen molar-refractivity contribution in [3.05, 3.63) is 0 Å². The highest BCUT2D eigenvalue weighted by Gasteiger charge is 2.42. The molecule has 4 heteroatoms. The number of hydrogen-bond donors (Lipinski definition) is 1. The van der Waals surface area contributed by atoms with E-state index >= 15 is 0 Å². The quantitative estimate of drug-likeness (QED) is 0.829. The SMILES string of the molecule is CC1(C)CCCC(N2CCC(N3CCOCC3)C2)C1O. The zero-order valence-electron chi connectivity index (χ0n) is 13.1. The number of morpholine rings is 1. The number of ether oxygens (including phenoxy) is 1. The molecule has 1 saturated carbocycles. The Labute approximate surface area is 123 Å². The minimum atomic E-state index is -0.167. The van der Waals surface area contributed by atoms with Gasteiger partial charge in [-0.3, -0.25) is 9.80 Å². The van der Waals surface area contributed by atoms with Crippen LogP contribution >= 0.6 is 0 Å². The molecule has 0 spiro atoms. The van der Waals surface area contributed by atoms with Crippen molar-refractivity contribution in [2.24, 2.45) is 5.41 Å². The Kier molecular flexibility index (Phi) is 4.37. The topological polar surface area (TPSA) is 35.9 Å². The van der Waals surface area contributed by atoms with Crippen LogP contribution in [0, 0.1) is 5.41 Å². The molecule has 0 aromatic heterocycles. The molecular weight excluding hydrogens is 252 g/mol. The lowest BCUT2D eigenvalue weighted by atomic mass is 9.72. The molecule has 2 heterocycles. The molecule has 0 radical (unpaired) electrons. The number of aliphatic hydroxyl groups excluding tert-OH is 1. The van der Waals surface area contributed by atoms with Gasteiger partial charge in [0.2, 0.25) is 0 Å². The Morgan fingerprint density at radius 1 is 1.05 bits per heavy atom. The Hall–Kier alpha value is -0.160. The molecule has 0 amide bonds. The molecule has 3 aliphatic rings. The van der Waals surface area contributed by atoms with Crippen LogP contribution in [0.5, 0.6) is 0 Å². The lowest BCUT2D eigenvalue weighted by Gasteiger charge is -2.44. The monoisotopic (exact) mass is 282 g/mol. The predicted octanol–water partition coefficient (Wildman–Crippen LogP) is 1.33. The highest BCUT2D eigenvalue weighted by Crippen LogP contribution is 2.38. The predicted molar refractivity (Wildman–Crippen MR) is 79.8 cm³/mol. The molecule has 20 heavy (non-hydrogen) atoms. The van der Waals surface area contributed by atoms with E-state index in [0.717, 1.165) is 45.8 Å². The number of rotatable bonds is 2. The van der Waals surface area contributed by atoms with E-state index in [-0.39, 0.29) is 11.5 Å². The van der Waals surface area contributed by atoms with Gasteiger partial charge in [0.05, 0.1) is 19.3 Å². The normalized spacial score (nSPS) is 40.0. The van der Waals surface area contributed by atoms with Crippen molar-refractivity contribution in [3.63, 3.8) is 0 Å².